The molecule has 1 aliphatic heterocycles. The van der Waals surface area contributed by atoms with Crippen LogP contribution >= 0.6 is 22.7 Å². The second kappa shape index (κ2) is 9.51. The molecule has 0 aliphatic carbocycles. The van der Waals surface area contributed by atoms with Crippen molar-refractivity contribution >= 4 is 40.4 Å². The lowest BCUT2D eigenvalue weighted by Gasteiger charge is -2.23. The van der Waals surface area contributed by atoms with E-state index in [1.54, 1.807) is 44.2 Å². The van der Waals surface area contributed by atoms with Crippen LogP contribution in [-0.2, 0) is 9.53 Å². The minimum absolute atomic E-state index is 0.00980. The number of allylic oxidation sites excluding steroid dienone is 1. The van der Waals surface area contributed by atoms with E-state index < -0.39 is 16.9 Å². The van der Waals surface area contributed by atoms with Crippen LogP contribution < -0.4 is 14.9 Å². The van der Waals surface area contributed by atoms with Gasteiger partial charge in [0.2, 0.25) is 0 Å². The lowest BCUT2D eigenvalue weighted by atomic mass is 10.0. The monoisotopic (exact) mass is 521 g/mol. The Morgan fingerprint density at radius 1 is 1.25 bits per heavy atom. The quantitative estimate of drug-likeness (QED) is 0.215. The summed E-state index contributed by atoms with van der Waals surface area (Å²) in [5.74, 6) is 0.466. The van der Waals surface area contributed by atoms with E-state index in [0.717, 1.165) is 4.88 Å². The Bertz CT molecular complexity index is 1670. The molecule has 0 bridgehead atoms. The number of fused-ring (bicyclic) bond motifs is 1. The van der Waals surface area contributed by atoms with Crippen molar-refractivity contribution in [2.24, 2.45) is 4.99 Å². The Morgan fingerprint density at radius 3 is 2.69 bits per heavy atom. The molecule has 4 aromatic rings. The van der Waals surface area contributed by atoms with Crippen LogP contribution in [0.15, 0.2) is 79.4 Å². The maximum Gasteiger partial charge on any atom is 0.338 e. The minimum atomic E-state index is -0.630. The van der Waals surface area contributed by atoms with Crippen molar-refractivity contribution < 1.29 is 18.9 Å². The fraction of sp³-hybridized carbons (Fsp3) is 0.160. The number of carbonyl (C=O) groups excluding carboxylic acids is 1. The van der Waals surface area contributed by atoms with Gasteiger partial charge in [0.05, 0.1) is 27.3 Å². The average Bonchev–Trinajstić information content (AvgIpc) is 3.60. The number of ether oxygens (including phenoxy) is 1. The summed E-state index contributed by atoms with van der Waals surface area (Å²) in [7, 11) is 0. The fourth-order valence-electron chi connectivity index (χ4n) is 3.97. The van der Waals surface area contributed by atoms with Gasteiger partial charge in [-0.05, 0) is 49.6 Å². The Balaban J connectivity index is 1.57. The molecule has 0 saturated heterocycles. The number of nitro benzene ring substituents is 1. The predicted octanol–water partition coefficient (Wildman–Crippen LogP) is 4.03. The average molecular weight is 522 g/mol. The summed E-state index contributed by atoms with van der Waals surface area (Å²) in [6, 6.07) is 12.6. The number of hydrogen-bond acceptors (Lipinski definition) is 9. The van der Waals surface area contributed by atoms with Crippen LogP contribution in [0.1, 0.15) is 30.5 Å². The zero-order chi connectivity index (χ0) is 25.4. The van der Waals surface area contributed by atoms with Crippen LogP contribution in [-0.4, -0.2) is 22.1 Å². The second-order valence-electron chi connectivity index (χ2n) is 7.82. The number of esters is 1. The molecule has 0 radical (unpaired) electrons. The van der Waals surface area contributed by atoms with Gasteiger partial charge < -0.3 is 9.15 Å². The second-order valence-corrected chi connectivity index (χ2v) is 9.81. The molecule has 11 heteroatoms. The van der Waals surface area contributed by atoms with Crippen molar-refractivity contribution in [3.05, 3.63) is 106 Å². The Morgan fingerprint density at radius 2 is 2.03 bits per heavy atom. The molecular weight excluding hydrogens is 502 g/mol. The summed E-state index contributed by atoms with van der Waals surface area (Å²) in [6.45, 7) is 3.69. The highest BCUT2D eigenvalue weighted by molar-refractivity contribution is 7.10. The largest absolute Gasteiger partial charge is 0.463 e. The van der Waals surface area contributed by atoms with Crippen molar-refractivity contribution in [3.8, 4) is 11.3 Å². The summed E-state index contributed by atoms with van der Waals surface area (Å²) in [6.07, 6.45) is 1.63. The van der Waals surface area contributed by atoms with Crippen molar-refractivity contribution in [1.29, 1.82) is 0 Å². The molecule has 36 heavy (non-hydrogen) atoms. The Kier molecular flexibility index (Phi) is 6.25. The first kappa shape index (κ1) is 23.6. The van der Waals surface area contributed by atoms with Gasteiger partial charge in [0.15, 0.2) is 4.80 Å². The van der Waals surface area contributed by atoms with Gasteiger partial charge >= 0.3 is 5.97 Å². The molecule has 3 aromatic heterocycles. The number of aromatic nitrogens is 1. The van der Waals surface area contributed by atoms with E-state index in [-0.39, 0.29) is 17.9 Å². The number of benzene rings is 1. The number of furan rings is 1. The smallest absolute Gasteiger partial charge is 0.338 e. The molecule has 0 fully saturated rings. The topological polar surface area (TPSA) is 117 Å². The van der Waals surface area contributed by atoms with Gasteiger partial charge in [-0.2, -0.15) is 0 Å². The van der Waals surface area contributed by atoms with Gasteiger partial charge in [0, 0.05) is 28.6 Å². The van der Waals surface area contributed by atoms with Gasteiger partial charge in [-0.25, -0.2) is 9.79 Å². The molecule has 0 saturated carbocycles. The number of nitro groups is 1. The maximum atomic E-state index is 13.5. The lowest BCUT2D eigenvalue weighted by molar-refractivity contribution is -0.384. The highest BCUT2D eigenvalue weighted by Gasteiger charge is 2.33. The molecule has 4 heterocycles. The van der Waals surface area contributed by atoms with Crippen molar-refractivity contribution in [1.82, 2.24) is 4.57 Å². The summed E-state index contributed by atoms with van der Waals surface area (Å²) in [4.78, 5) is 42.7. The third-order valence-electron chi connectivity index (χ3n) is 5.59. The minimum Gasteiger partial charge on any atom is -0.463 e. The van der Waals surface area contributed by atoms with Crippen LogP contribution in [0.3, 0.4) is 0 Å². The molecule has 9 nitrogen and oxygen atoms in total. The zero-order valence-electron chi connectivity index (χ0n) is 19.2. The lowest BCUT2D eigenvalue weighted by Crippen LogP contribution is -2.39. The number of rotatable bonds is 6. The van der Waals surface area contributed by atoms with Gasteiger partial charge in [0.25, 0.3) is 11.2 Å². The van der Waals surface area contributed by atoms with Crippen molar-refractivity contribution in [3.63, 3.8) is 0 Å². The third-order valence-corrected chi connectivity index (χ3v) is 7.50. The summed E-state index contributed by atoms with van der Waals surface area (Å²) < 4.78 is 13.1. The van der Waals surface area contributed by atoms with Crippen LogP contribution in [0.25, 0.3) is 17.4 Å². The van der Waals surface area contributed by atoms with Crippen molar-refractivity contribution in [2.75, 3.05) is 6.61 Å². The SMILES string of the molecule is CCOC(=O)C1=C(C)N=c2s/c(=C\c3ccc(-c4ccc([N+](=O)[O-])cc4)o3)c(=O)n2[C@@H]1c1cccs1. The van der Waals surface area contributed by atoms with E-state index in [0.29, 0.717) is 37.7 Å². The van der Waals surface area contributed by atoms with Crippen molar-refractivity contribution in [2.45, 2.75) is 19.9 Å². The molecule has 5 rings (SSSR count). The summed E-state index contributed by atoms with van der Waals surface area (Å²) in [5, 5.41) is 12.8. The van der Waals surface area contributed by atoms with Gasteiger partial charge in [-0.1, -0.05) is 17.4 Å². The normalized spacial score (nSPS) is 15.5. The zero-order valence-corrected chi connectivity index (χ0v) is 20.8. The number of carbonyl (C=O) groups is 1. The van der Waals surface area contributed by atoms with E-state index in [2.05, 4.69) is 4.99 Å². The molecule has 0 amide bonds. The molecule has 1 atom stereocenters. The summed E-state index contributed by atoms with van der Waals surface area (Å²) >= 11 is 2.66. The highest BCUT2D eigenvalue weighted by atomic mass is 32.1. The molecule has 0 unspecified atom stereocenters. The summed E-state index contributed by atoms with van der Waals surface area (Å²) in [5.41, 5.74) is 1.23. The highest BCUT2D eigenvalue weighted by Crippen LogP contribution is 2.33. The van der Waals surface area contributed by atoms with E-state index in [9.17, 15) is 19.7 Å². The third kappa shape index (κ3) is 4.23. The molecule has 0 spiro atoms. The first-order chi connectivity index (χ1) is 17.4. The molecule has 0 N–H and O–H groups in total. The standard InChI is InChI=1S/C25H19N3O6S2/c1-3-33-24(30)21-14(2)26-25-27(22(21)19-5-4-12-35-19)23(29)20(36-25)13-17-10-11-18(34-17)15-6-8-16(9-7-15)28(31)32/h4-13,22H,3H2,1-2H3/b20-13-/t22-/m1/s1. The fourth-order valence-corrected chi connectivity index (χ4v) is 5.82. The number of hydrogen-bond donors (Lipinski definition) is 0. The van der Waals surface area contributed by atoms with Crippen LogP contribution in [0.5, 0.6) is 0 Å². The van der Waals surface area contributed by atoms with E-state index in [1.165, 1.54) is 39.4 Å². The predicted molar refractivity (Wildman–Crippen MR) is 136 cm³/mol. The van der Waals surface area contributed by atoms with E-state index in [1.807, 2.05) is 17.5 Å². The Labute approximate surface area is 212 Å². The number of nitrogens with zero attached hydrogens (tertiary/aromatic N) is 3. The number of thiophene rings is 1. The Hall–Kier alpha value is -4.09. The molecule has 1 aromatic carbocycles. The van der Waals surface area contributed by atoms with Gasteiger partial charge in [0.1, 0.15) is 17.6 Å². The maximum absolute atomic E-state index is 13.5. The first-order valence-corrected chi connectivity index (χ1v) is 12.6. The van der Waals surface area contributed by atoms with E-state index >= 15 is 0 Å². The van der Waals surface area contributed by atoms with Crippen LogP contribution in [0.4, 0.5) is 5.69 Å². The van der Waals surface area contributed by atoms with Gasteiger partial charge in [-0.3, -0.25) is 19.5 Å². The number of non-ortho nitro benzene ring substituents is 1. The van der Waals surface area contributed by atoms with Crippen LogP contribution in [0.2, 0.25) is 0 Å². The van der Waals surface area contributed by atoms with E-state index in [4.69, 9.17) is 9.15 Å². The molecular formula is C25H19N3O6S2. The number of thiazole rings is 1. The molecule has 1 aliphatic rings. The van der Waals surface area contributed by atoms with Gasteiger partial charge in [-0.15, -0.1) is 11.3 Å². The molecule has 182 valence electrons. The van der Waals surface area contributed by atoms with Crippen LogP contribution in [0, 0.1) is 10.1 Å². The first-order valence-electron chi connectivity index (χ1n) is 10.9.